The zero-order valence-electron chi connectivity index (χ0n) is 14.9. The topological polar surface area (TPSA) is 60.1 Å². The highest BCUT2D eigenvalue weighted by Crippen LogP contribution is 2.36. The summed E-state index contributed by atoms with van der Waals surface area (Å²) in [5.41, 5.74) is 5.16. The van der Waals surface area contributed by atoms with Crippen molar-refractivity contribution >= 4 is 22.8 Å². The summed E-state index contributed by atoms with van der Waals surface area (Å²) in [6, 6.07) is 14.3. The number of aromatic nitrogens is 4. The van der Waals surface area contributed by atoms with E-state index in [9.17, 15) is 4.79 Å². The molecule has 4 aromatic rings. The number of thiophene rings is 1. The van der Waals surface area contributed by atoms with Crippen LogP contribution >= 0.6 is 11.3 Å². The molecule has 0 spiro atoms. The molecule has 1 aromatic carbocycles. The van der Waals surface area contributed by atoms with Crippen molar-refractivity contribution in [3.8, 4) is 11.1 Å². The highest BCUT2D eigenvalue weighted by atomic mass is 32.1. The molecule has 1 aliphatic rings. The van der Waals surface area contributed by atoms with Crippen molar-refractivity contribution < 1.29 is 4.79 Å². The van der Waals surface area contributed by atoms with Gasteiger partial charge in [-0.05, 0) is 23.4 Å². The van der Waals surface area contributed by atoms with E-state index in [-0.39, 0.29) is 11.7 Å². The van der Waals surface area contributed by atoms with Crippen molar-refractivity contribution in [1.82, 2.24) is 19.8 Å². The third-order valence-electron chi connectivity index (χ3n) is 5.19. The van der Waals surface area contributed by atoms with E-state index in [1.807, 2.05) is 28.8 Å². The first kappa shape index (κ1) is 16.3. The van der Waals surface area contributed by atoms with E-state index in [0.717, 1.165) is 41.0 Å². The molecule has 1 atom stereocenters. The number of hydrogen-bond acceptors (Lipinski definition) is 5. The zero-order valence-corrected chi connectivity index (χ0v) is 15.7. The Morgan fingerprint density at radius 2 is 1.96 bits per heavy atom. The molecule has 0 saturated heterocycles. The summed E-state index contributed by atoms with van der Waals surface area (Å²) in [5.74, 6) is 0.241. The molecule has 3 aromatic heterocycles. The third kappa shape index (κ3) is 2.59. The average molecular weight is 374 g/mol. The predicted octanol–water partition coefficient (Wildman–Crippen LogP) is 4.33. The lowest BCUT2D eigenvalue weighted by atomic mass is 9.87. The monoisotopic (exact) mass is 374 g/mol. The highest BCUT2D eigenvalue weighted by Gasteiger charge is 2.32. The van der Waals surface area contributed by atoms with E-state index in [1.54, 1.807) is 11.3 Å². The van der Waals surface area contributed by atoms with Crippen LogP contribution in [0.4, 0.5) is 0 Å². The number of carbonyl (C=O) groups is 1. The van der Waals surface area contributed by atoms with Crippen LogP contribution in [0.2, 0.25) is 0 Å². The van der Waals surface area contributed by atoms with Crippen LogP contribution in [0.5, 0.6) is 0 Å². The first-order valence-electron chi connectivity index (χ1n) is 9.15. The molecule has 1 unspecified atom stereocenters. The van der Waals surface area contributed by atoms with E-state index in [1.165, 1.54) is 4.88 Å². The maximum atomic E-state index is 12.7. The SMILES string of the molecule is CCc1nn2c3c(nnc2c1-c1ccccc1)C(=O)CC(c1cccs1)C3. The second kappa shape index (κ2) is 6.39. The summed E-state index contributed by atoms with van der Waals surface area (Å²) in [6.45, 7) is 2.09. The van der Waals surface area contributed by atoms with E-state index >= 15 is 0 Å². The number of carbonyl (C=O) groups excluding carboxylic acids is 1. The van der Waals surface area contributed by atoms with Crippen LogP contribution < -0.4 is 0 Å². The second-order valence-corrected chi connectivity index (χ2v) is 7.80. The van der Waals surface area contributed by atoms with Gasteiger partial charge in [-0.15, -0.1) is 21.5 Å². The molecule has 0 saturated carbocycles. The van der Waals surface area contributed by atoms with Crippen LogP contribution in [0.3, 0.4) is 0 Å². The first-order chi connectivity index (χ1) is 13.3. The smallest absolute Gasteiger partial charge is 0.185 e. The molecule has 0 aliphatic heterocycles. The molecule has 0 radical (unpaired) electrons. The third-order valence-corrected chi connectivity index (χ3v) is 6.22. The van der Waals surface area contributed by atoms with Crippen LogP contribution in [-0.4, -0.2) is 25.6 Å². The fourth-order valence-corrected chi connectivity index (χ4v) is 4.72. The van der Waals surface area contributed by atoms with Crippen molar-refractivity contribution in [1.29, 1.82) is 0 Å². The predicted molar refractivity (Wildman–Crippen MR) is 105 cm³/mol. The standard InChI is InChI=1S/C21H18N4OS/c1-2-15-19(13-7-4-3-5-8-13)21-23-22-20-16(25(21)24-15)11-14(12-17(20)26)18-9-6-10-27-18/h3-10,14H,2,11-12H2,1H3. The summed E-state index contributed by atoms with van der Waals surface area (Å²) in [4.78, 5) is 14.0. The van der Waals surface area contributed by atoms with Gasteiger partial charge in [0.2, 0.25) is 0 Å². The Morgan fingerprint density at radius 3 is 2.70 bits per heavy atom. The Balaban J connectivity index is 1.72. The maximum absolute atomic E-state index is 12.7. The maximum Gasteiger partial charge on any atom is 0.185 e. The Labute approximate surface area is 160 Å². The molecular formula is C21H18N4OS. The molecule has 0 fully saturated rings. The minimum absolute atomic E-state index is 0.0545. The van der Waals surface area contributed by atoms with Crippen LogP contribution in [0, 0.1) is 0 Å². The van der Waals surface area contributed by atoms with E-state index in [0.29, 0.717) is 12.1 Å². The van der Waals surface area contributed by atoms with Gasteiger partial charge in [0.05, 0.1) is 17.0 Å². The molecule has 27 heavy (non-hydrogen) atoms. The van der Waals surface area contributed by atoms with Gasteiger partial charge in [0.1, 0.15) is 0 Å². The molecule has 5 rings (SSSR count). The minimum atomic E-state index is 0.0545. The van der Waals surface area contributed by atoms with Crippen LogP contribution in [0.1, 0.15) is 46.0 Å². The highest BCUT2D eigenvalue weighted by molar-refractivity contribution is 7.10. The van der Waals surface area contributed by atoms with Crippen LogP contribution in [-0.2, 0) is 12.8 Å². The Morgan fingerprint density at radius 1 is 1.11 bits per heavy atom. The van der Waals surface area contributed by atoms with Crippen molar-refractivity contribution in [3.63, 3.8) is 0 Å². The van der Waals surface area contributed by atoms with Gasteiger partial charge in [0, 0.05) is 23.6 Å². The molecule has 134 valence electrons. The normalized spacial score (nSPS) is 16.6. The lowest BCUT2D eigenvalue weighted by Crippen LogP contribution is -2.23. The Kier molecular flexibility index (Phi) is 3.86. The quantitative estimate of drug-likeness (QED) is 0.536. The molecule has 0 amide bonds. The molecule has 6 heteroatoms. The van der Waals surface area contributed by atoms with Gasteiger partial charge in [0.15, 0.2) is 17.1 Å². The summed E-state index contributed by atoms with van der Waals surface area (Å²) in [6.07, 6.45) is 2.04. The average Bonchev–Trinajstić information content (AvgIpc) is 3.36. The fraction of sp³-hybridized carbons (Fsp3) is 0.238. The number of nitrogens with zero attached hydrogens (tertiary/aromatic N) is 4. The van der Waals surface area contributed by atoms with E-state index in [2.05, 4.69) is 40.7 Å². The van der Waals surface area contributed by atoms with Crippen molar-refractivity contribution in [2.75, 3.05) is 0 Å². The van der Waals surface area contributed by atoms with Crippen molar-refractivity contribution in [2.24, 2.45) is 0 Å². The number of benzene rings is 1. The van der Waals surface area contributed by atoms with Gasteiger partial charge in [0.25, 0.3) is 0 Å². The van der Waals surface area contributed by atoms with Crippen molar-refractivity contribution in [3.05, 3.63) is 69.8 Å². The molecular weight excluding hydrogens is 356 g/mol. The summed E-state index contributed by atoms with van der Waals surface area (Å²) in [5, 5.41) is 15.6. The molecule has 0 bridgehead atoms. The number of aryl methyl sites for hydroxylation is 1. The lowest BCUT2D eigenvalue weighted by Gasteiger charge is -2.21. The zero-order chi connectivity index (χ0) is 18.4. The Bertz CT molecular complexity index is 1130. The van der Waals surface area contributed by atoms with Crippen molar-refractivity contribution in [2.45, 2.75) is 32.1 Å². The number of fused-ring (bicyclic) bond motifs is 3. The summed E-state index contributed by atoms with van der Waals surface area (Å²) in [7, 11) is 0. The van der Waals surface area contributed by atoms with E-state index in [4.69, 9.17) is 5.10 Å². The second-order valence-electron chi connectivity index (χ2n) is 6.82. The molecule has 1 aliphatic carbocycles. The number of ketones is 1. The number of rotatable bonds is 3. The van der Waals surface area contributed by atoms with Gasteiger partial charge in [-0.3, -0.25) is 4.79 Å². The van der Waals surface area contributed by atoms with Gasteiger partial charge < -0.3 is 0 Å². The minimum Gasteiger partial charge on any atom is -0.292 e. The molecule has 5 nitrogen and oxygen atoms in total. The van der Waals surface area contributed by atoms with Crippen LogP contribution in [0.25, 0.3) is 16.8 Å². The number of Topliss-reactive ketones (excluding diaryl/α,β-unsaturated/α-hetero) is 1. The first-order valence-corrected chi connectivity index (χ1v) is 10.0. The largest absolute Gasteiger partial charge is 0.292 e. The van der Waals surface area contributed by atoms with Gasteiger partial charge in [-0.25, -0.2) is 4.52 Å². The van der Waals surface area contributed by atoms with Gasteiger partial charge in [-0.2, -0.15) is 5.10 Å². The molecule has 3 heterocycles. The summed E-state index contributed by atoms with van der Waals surface area (Å²) < 4.78 is 1.86. The van der Waals surface area contributed by atoms with Crippen LogP contribution in [0.15, 0.2) is 47.8 Å². The summed E-state index contributed by atoms with van der Waals surface area (Å²) >= 11 is 1.70. The lowest BCUT2D eigenvalue weighted by molar-refractivity contribution is 0.0956. The Hall–Kier alpha value is -2.86. The van der Waals surface area contributed by atoms with Gasteiger partial charge >= 0.3 is 0 Å². The van der Waals surface area contributed by atoms with E-state index < -0.39 is 0 Å². The fourth-order valence-electron chi connectivity index (χ4n) is 3.89. The van der Waals surface area contributed by atoms with Gasteiger partial charge in [-0.1, -0.05) is 43.3 Å². The molecule has 0 N–H and O–H groups in total. The number of hydrogen-bond donors (Lipinski definition) is 0.